The summed E-state index contributed by atoms with van der Waals surface area (Å²) >= 11 is 0. The first-order chi connectivity index (χ1) is 8.27. The molecule has 1 aromatic carbocycles. The zero-order chi connectivity index (χ0) is 12.1. The summed E-state index contributed by atoms with van der Waals surface area (Å²) in [5.74, 6) is 0.0300. The largest absolute Gasteiger partial charge is 0.337 e. The second-order valence-corrected chi connectivity index (χ2v) is 3.88. The number of pyridine rings is 1. The molecule has 0 unspecified atom stereocenters. The molecule has 0 aliphatic rings. The van der Waals surface area contributed by atoms with E-state index in [1.54, 1.807) is 24.3 Å². The Balaban J connectivity index is 2.06. The molecule has 0 spiro atoms. The van der Waals surface area contributed by atoms with Gasteiger partial charge in [-0.05, 0) is 29.8 Å². The Morgan fingerprint density at radius 2 is 1.76 bits per heavy atom. The van der Waals surface area contributed by atoms with Gasteiger partial charge in [-0.3, -0.25) is 9.78 Å². The molecule has 0 aliphatic carbocycles. The molecule has 0 atom stereocenters. The molecule has 3 heteroatoms. The summed E-state index contributed by atoms with van der Waals surface area (Å²) in [5.41, 5.74) is 1.79. The van der Waals surface area contributed by atoms with E-state index in [-0.39, 0.29) is 5.91 Å². The van der Waals surface area contributed by atoms with Crippen LogP contribution < -0.4 is 0 Å². The summed E-state index contributed by atoms with van der Waals surface area (Å²) in [5, 5.41) is 0. The standard InChI is InChI=1S/C14H14N2O/c1-16(11-12-7-9-15-10-8-12)14(17)13-5-3-2-4-6-13/h2-10H,11H2,1H3. The average molecular weight is 226 g/mol. The minimum Gasteiger partial charge on any atom is -0.337 e. The highest BCUT2D eigenvalue weighted by molar-refractivity contribution is 5.93. The number of hydrogen-bond donors (Lipinski definition) is 0. The van der Waals surface area contributed by atoms with Crippen molar-refractivity contribution >= 4 is 5.91 Å². The van der Waals surface area contributed by atoms with Crippen LogP contribution in [0, 0.1) is 0 Å². The number of hydrogen-bond acceptors (Lipinski definition) is 2. The Morgan fingerprint density at radius 3 is 2.41 bits per heavy atom. The van der Waals surface area contributed by atoms with Gasteiger partial charge in [0.2, 0.25) is 0 Å². The molecule has 1 heterocycles. The van der Waals surface area contributed by atoms with Crippen molar-refractivity contribution in [3.8, 4) is 0 Å². The third-order valence-electron chi connectivity index (χ3n) is 2.54. The molecule has 17 heavy (non-hydrogen) atoms. The van der Waals surface area contributed by atoms with Crippen LogP contribution in [0.5, 0.6) is 0 Å². The summed E-state index contributed by atoms with van der Waals surface area (Å²) in [6, 6.07) is 13.1. The van der Waals surface area contributed by atoms with Crippen LogP contribution in [0.4, 0.5) is 0 Å². The zero-order valence-corrected chi connectivity index (χ0v) is 9.71. The van der Waals surface area contributed by atoms with Crippen molar-refractivity contribution in [2.75, 3.05) is 7.05 Å². The molecular formula is C14H14N2O. The van der Waals surface area contributed by atoms with Crippen molar-refractivity contribution in [3.05, 3.63) is 66.0 Å². The van der Waals surface area contributed by atoms with Gasteiger partial charge in [0, 0.05) is 31.5 Å². The molecule has 2 aromatic rings. The van der Waals surface area contributed by atoms with Crippen molar-refractivity contribution in [1.29, 1.82) is 0 Å². The molecule has 0 N–H and O–H groups in total. The van der Waals surface area contributed by atoms with Crippen molar-refractivity contribution < 1.29 is 4.79 Å². The maximum atomic E-state index is 12.1. The molecule has 1 amide bonds. The van der Waals surface area contributed by atoms with Crippen LogP contribution in [-0.2, 0) is 6.54 Å². The van der Waals surface area contributed by atoms with E-state index in [2.05, 4.69) is 4.98 Å². The Morgan fingerprint density at radius 1 is 1.12 bits per heavy atom. The lowest BCUT2D eigenvalue weighted by Crippen LogP contribution is -2.26. The first-order valence-electron chi connectivity index (χ1n) is 5.47. The number of rotatable bonds is 3. The van der Waals surface area contributed by atoms with Crippen LogP contribution in [0.1, 0.15) is 15.9 Å². The van der Waals surface area contributed by atoms with Crippen LogP contribution in [0.25, 0.3) is 0 Å². The van der Waals surface area contributed by atoms with Crippen LogP contribution in [-0.4, -0.2) is 22.8 Å². The quantitative estimate of drug-likeness (QED) is 0.805. The van der Waals surface area contributed by atoms with Gasteiger partial charge in [-0.15, -0.1) is 0 Å². The van der Waals surface area contributed by atoms with Crippen LogP contribution in [0.15, 0.2) is 54.9 Å². The minimum atomic E-state index is 0.0300. The van der Waals surface area contributed by atoms with Crippen LogP contribution >= 0.6 is 0 Å². The van der Waals surface area contributed by atoms with E-state index >= 15 is 0 Å². The molecular weight excluding hydrogens is 212 g/mol. The lowest BCUT2D eigenvalue weighted by molar-refractivity contribution is 0.0785. The third kappa shape index (κ3) is 2.91. The second-order valence-electron chi connectivity index (χ2n) is 3.88. The van der Waals surface area contributed by atoms with Gasteiger partial charge in [0.15, 0.2) is 0 Å². The van der Waals surface area contributed by atoms with Gasteiger partial charge in [0.1, 0.15) is 0 Å². The van der Waals surface area contributed by atoms with E-state index < -0.39 is 0 Å². The Bertz CT molecular complexity index is 482. The molecule has 2 rings (SSSR count). The summed E-state index contributed by atoms with van der Waals surface area (Å²) in [6.45, 7) is 0.593. The average Bonchev–Trinajstić information content (AvgIpc) is 2.40. The molecule has 86 valence electrons. The molecule has 0 aliphatic heterocycles. The summed E-state index contributed by atoms with van der Waals surface area (Å²) in [7, 11) is 1.80. The van der Waals surface area contributed by atoms with Gasteiger partial charge in [-0.25, -0.2) is 0 Å². The lowest BCUT2D eigenvalue weighted by atomic mass is 10.2. The number of aromatic nitrogens is 1. The molecule has 0 radical (unpaired) electrons. The fourth-order valence-electron chi connectivity index (χ4n) is 1.63. The van der Waals surface area contributed by atoms with E-state index in [4.69, 9.17) is 0 Å². The number of nitrogens with zero attached hydrogens (tertiary/aromatic N) is 2. The van der Waals surface area contributed by atoms with Gasteiger partial charge in [0.25, 0.3) is 5.91 Å². The van der Waals surface area contributed by atoms with Crippen molar-refractivity contribution in [3.63, 3.8) is 0 Å². The molecule has 0 bridgehead atoms. The Hall–Kier alpha value is -2.16. The Labute approximate surface area is 101 Å². The third-order valence-corrected chi connectivity index (χ3v) is 2.54. The maximum Gasteiger partial charge on any atom is 0.253 e. The molecule has 0 saturated carbocycles. The van der Waals surface area contributed by atoms with E-state index in [0.29, 0.717) is 12.1 Å². The van der Waals surface area contributed by atoms with Gasteiger partial charge in [-0.2, -0.15) is 0 Å². The number of carbonyl (C=O) groups excluding carboxylic acids is 1. The topological polar surface area (TPSA) is 33.2 Å². The number of carbonyl (C=O) groups is 1. The summed E-state index contributed by atoms with van der Waals surface area (Å²) in [6.07, 6.45) is 3.46. The van der Waals surface area contributed by atoms with E-state index in [1.807, 2.05) is 42.5 Å². The van der Waals surface area contributed by atoms with Crippen LogP contribution in [0.2, 0.25) is 0 Å². The van der Waals surface area contributed by atoms with Crippen LogP contribution in [0.3, 0.4) is 0 Å². The predicted molar refractivity (Wildman–Crippen MR) is 66.5 cm³/mol. The highest BCUT2D eigenvalue weighted by Crippen LogP contribution is 2.07. The maximum absolute atomic E-state index is 12.1. The minimum absolute atomic E-state index is 0.0300. The molecule has 0 saturated heterocycles. The molecule has 0 fully saturated rings. The van der Waals surface area contributed by atoms with E-state index in [0.717, 1.165) is 5.56 Å². The van der Waals surface area contributed by atoms with Gasteiger partial charge in [0.05, 0.1) is 0 Å². The van der Waals surface area contributed by atoms with Gasteiger partial charge in [-0.1, -0.05) is 18.2 Å². The van der Waals surface area contributed by atoms with E-state index in [9.17, 15) is 4.79 Å². The normalized spacial score (nSPS) is 9.94. The number of amides is 1. The first kappa shape index (κ1) is 11.3. The predicted octanol–water partition coefficient (Wildman–Crippen LogP) is 2.35. The smallest absolute Gasteiger partial charge is 0.253 e. The van der Waals surface area contributed by atoms with Gasteiger partial charge < -0.3 is 4.90 Å². The summed E-state index contributed by atoms with van der Waals surface area (Å²) in [4.78, 5) is 17.7. The van der Waals surface area contributed by atoms with E-state index in [1.165, 1.54) is 0 Å². The fraction of sp³-hybridized carbons (Fsp3) is 0.143. The molecule has 3 nitrogen and oxygen atoms in total. The SMILES string of the molecule is CN(Cc1ccncc1)C(=O)c1ccccc1. The first-order valence-corrected chi connectivity index (χ1v) is 5.47. The summed E-state index contributed by atoms with van der Waals surface area (Å²) < 4.78 is 0. The lowest BCUT2D eigenvalue weighted by Gasteiger charge is -2.17. The second kappa shape index (κ2) is 5.25. The zero-order valence-electron chi connectivity index (χ0n) is 9.71. The van der Waals surface area contributed by atoms with Gasteiger partial charge >= 0.3 is 0 Å². The number of benzene rings is 1. The highest BCUT2D eigenvalue weighted by Gasteiger charge is 2.10. The monoisotopic (exact) mass is 226 g/mol. The molecule has 1 aromatic heterocycles. The van der Waals surface area contributed by atoms with Crippen molar-refractivity contribution in [2.24, 2.45) is 0 Å². The van der Waals surface area contributed by atoms with Crippen molar-refractivity contribution in [2.45, 2.75) is 6.54 Å². The Kier molecular flexibility index (Phi) is 3.50. The fourth-order valence-corrected chi connectivity index (χ4v) is 1.63. The van der Waals surface area contributed by atoms with Crippen molar-refractivity contribution in [1.82, 2.24) is 9.88 Å². The highest BCUT2D eigenvalue weighted by atomic mass is 16.2.